The van der Waals surface area contributed by atoms with E-state index in [9.17, 15) is 19.8 Å². The number of hydrogen-bond acceptors (Lipinski definition) is 4. The van der Waals surface area contributed by atoms with Gasteiger partial charge in [-0.2, -0.15) is 0 Å². The van der Waals surface area contributed by atoms with Gasteiger partial charge in [0.2, 0.25) is 0 Å². The van der Waals surface area contributed by atoms with Gasteiger partial charge in [0, 0.05) is 0 Å². The first-order chi connectivity index (χ1) is 6.01. The van der Waals surface area contributed by atoms with Gasteiger partial charge in [-0.1, -0.05) is 6.08 Å². The molecule has 0 spiro atoms. The molecular formula is C8H9NO4. The number of hydrogen-bond donors (Lipinski definition) is 3. The molecule has 1 heterocycles. The lowest BCUT2D eigenvalue weighted by atomic mass is 9.77. The summed E-state index contributed by atoms with van der Waals surface area (Å²) in [5, 5.41) is 21.4. The van der Waals surface area contributed by atoms with E-state index in [1.165, 1.54) is 6.08 Å². The number of aliphatic hydroxyl groups is 2. The number of allylic oxidation sites excluding steroid dienone is 1. The van der Waals surface area contributed by atoms with Crippen LogP contribution in [0.15, 0.2) is 12.2 Å². The summed E-state index contributed by atoms with van der Waals surface area (Å²) in [6, 6.07) is 0. The third-order valence-corrected chi connectivity index (χ3v) is 2.61. The van der Waals surface area contributed by atoms with Crippen molar-refractivity contribution in [3.8, 4) is 0 Å². The minimum Gasteiger partial charge on any atom is -0.377 e. The highest BCUT2D eigenvalue weighted by molar-refractivity contribution is 6.14. The van der Waals surface area contributed by atoms with Crippen LogP contribution in [0.4, 0.5) is 0 Å². The van der Waals surface area contributed by atoms with Gasteiger partial charge in [-0.15, -0.1) is 0 Å². The second-order valence-electron chi connectivity index (χ2n) is 3.35. The third kappa shape index (κ3) is 0.777. The molecule has 5 heteroatoms. The quantitative estimate of drug-likeness (QED) is 0.313. The number of carbonyl (C=O) groups excluding carboxylic acids is 2. The van der Waals surface area contributed by atoms with Gasteiger partial charge in [0.15, 0.2) is 11.2 Å². The van der Waals surface area contributed by atoms with Crippen LogP contribution in [0.2, 0.25) is 0 Å². The van der Waals surface area contributed by atoms with Gasteiger partial charge in [0.05, 0.1) is 0 Å². The standard InChI is InChI=1S/C8H9NO4/c10-5-7(12)3-1-2-4-8(7,13)6(11)9-5/h1,3,12-13H,2,4H2,(H,9,10,11). The molecule has 2 atom stereocenters. The highest BCUT2D eigenvalue weighted by Crippen LogP contribution is 2.37. The molecule has 1 fully saturated rings. The van der Waals surface area contributed by atoms with E-state index in [0.717, 1.165) is 0 Å². The summed E-state index contributed by atoms with van der Waals surface area (Å²) >= 11 is 0. The highest BCUT2D eigenvalue weighted by Gasteiger charge is 2.64. The predicted molar refractivity (Wildman–Crippen MR) is 41.4 cm³/mol. The molecule has 0 aromatic heterocycles. The Morgan fingerprint density at radius 2 is 2.00 bits per heavy atom. The van der Waals surface area contributed by atoms with E-state index < -0.39 is 23.0 Å². The molecule has 5 nitrogen and oxygen atoms in total. The number of carbonyl (C=O) groups is 2. The Hall–Kier alpha value is -1.20. The molecule has 1 aliphatic heterocycles. The molecule has 0 saturated carbocycles. The molecule has 1 aliphatic carbocycles. The second kappa shape index (κ2) is 2.18. The highest BCUT2D eigenvalue weighted by atomic mass is 16.4. The van der Waals surface area contributed by atoms with E-state index in [1.807, 2.05) is 5.32 Å². The van der Waals surface area contributed by atoms with Crippen molar-refractivity contribution < 1.29 is 19.8 Å². The summed E-state index contributed by atoms with van der Waals surface area (Å²) in [5.74, 6) is -1.67. The Labute approximate surface area is 74.1 Å². The van der Waals surface area contributed by atoms with Crippen LogP contribution in [-0.2, 0) is 9.59 Å². The number of imide groups is 1. The number of nitrogens with one attached hydrogen (secondary N) is 1. The van der Waals surface area contributed by atoms with Crippen LogP contribution in [0.25, 0.3) is 0 Å². The van der Waals surface area contributed by atoms with Crippen LogP contribution >= 0.6 is 0 Å². The molecule has 2 unspecified atom stereocenters. The van der Waals surface area contributed by atoms with E-state index in [1.54, 1.807) is 6.08 Å². The summed E-state index contributed by atoms with van der Waals surface area (Å²) in [4.78, 5) is 22.3. The van der Waals surface area contributed by atoms with Crippen LogP contribution in [0, 0.1) is 0 Å². The van der Waals surface area contributed by atoms with E-state index >= 15 is 0 Å². The topological polar surface area (TPSA) is 86.6 Å². The van der Waals surface area contributed by atoms with Gasteiger partial charge < -0.3 is 10.2 Å². The SMILES string of the molecule is O=C1NC(=O)C2(O)CCC=CC12O. The van der Waals surface area contributed by atoms with E-state index in [2.05, 4.69) is 0 Å². The van der Waals surface area contributed by atoms with Crippen molar-refractivity contribution in [3.63, 3.8) is 0 Å². The zero-order chi connectivity index (χ0) is 9.69. The minimum atomic E-state index is -2.07. The molecule has 70 valence electrons. The lowest BCUT2D eigenvalue weighted by molar-refractivity contribution is -0.159. The Morgan fingerprint density at radius 1 is 1.31 bits per heavy atom. The van der Waals surface area contributed by atoms with Crippen molar-refractivity contribution in [2.75, 3.05) is 0 Å². The lowest BCUT2D eigenvalue weighted by Crippen LogP contribution is -2.56. The zero-order valence-electron chi connectivity index (χ0n) is 6.78. The molecule has 0 aromatic rings. The fraction of sp³-hybridized carbons (Fsp3) is 0.500. The minimum absolute atomic E-state index is 0.0670. The van der Waals surface area contributed by atoms with Crippen molar-refractivity contribution in [1.29, 1.82) is 0 Å². The maximum Gasteiger partial charge on any atom is 0.266 e. The van der Waals surface area contributed by atoms with Crippen LogP contribution in [0.5, 0.6) is 0 Å². The van der Waals surface area contributed by atoms with E-state index in [4.69, 9.17) is 0 Å². The van der Waals surface area contributed by atoms with Crippen LogP contribution in [-0.4, -0.2) is 33.2 Å². The van der Waals surface area contributed by atoms with Crippen molar-refractivity contribution >= 4 is 11.8 Å². The molecule has 0 radical (unpaired) electrons. The van der Waals surface area contributed by atoms with Crippen LogP contribution in [0.3, 0.4) is 0 Å². The van der Waals surface area contributed by atoms with Crippen LogP contribution in [0.1, 0.15) is 12.8 Å². The molecule has 2 amide bonds. The average Bonchev–Trinajstić information content (AvgIpc) is 2.25. The molecule has 13 heavy (non-hydrogen) atoms. The molecule has 2 rings (SSSR count). The number of amides is 2. The third-order valence-electron chi connectivity index (χ3n) is 2.61. The summed E-state index contributed by atoms with van der Waals surface area (Å²) < 4.78 is 0. The molecule has 2 aliphatic rings. The molecule has 0 bridgehead atoms. The number of fused-ring (bicyclic) bond motifs is 1. The largest absolute Gasteiger partial charge is 0.377 e. The smallest absolute Gasteiger partial charge is 0.266 e. The fourth-order valence-electron chi connectivity index (χ4n) is 1.73. The second-order valence-corrected chi connectivity index (χ2v) is 3.35. The zero-order valence-corrected chi connectivity index (χ0v) is 6.78. The summed E-state index contributed by atoms with van der Waals surface area (Å²) in [6.45, 7) is 0. The first kappa shape index (κ1) is 8.40. The Kier molecular flexibility index (Phi) is 1.41. The molecule has 1 saturated heterocycles. The average molecular weight is 183 g/mol. The monoisotopic (exact) mass is 183 g/mol. The predicted octanol–water partition coefficient (Wildman–Crippen LogP) is -1.55. The number of rotatable bonds is 0. The van der Waals surface area contributed by atoms with E-state index in [-0.39, 0.29) is 6.42 Å². The van der Waals surface area contributed by atoms with Gasteiger partial charge in [-0.05, 0) is 18.9 Å². The summed E-state index contributed by atoms with van der Waals surface area (Å²) in [7, 11) is 0. The first-order valence-electron chi connectivity index (χ1n) is 3.99. The Morgan fingerprint density at radius 3 is 2.62 bits per heavy atom. The van der Waals surface area contributed by atoms with Crippen molar-refractivity contribution in [2.24, 2.45) is 0 Å². The van der Waals surface area contributed by atoms with Crippen molar-refractivity contribution in [2.45, 2.75) is 24.0 Å². The van der Waals surface area contributed by atoms with Gasteiger partial charge in [-0.3, -0.25) is 14.9 Å². The van der Waals surface area contributed by atoms with Gasteiger partial charge in [0.1, 0.15) is 0 Å². The Bertz CT molecular complexity index is 324. The normalized spacial score (nSPS) is 43.2. The van der Waals surface area contributed by atoms with Gasteiger partial charge >= 0.3 is 0 Å². The van der Waals surface area contributed by atoms with E-state index in [0.29, 0.717) is 6.42 Å². The Balaban J connectivity index is 2.57. The first-order valence-corrected chi connectivity index (χ1v) is 3.99. The molecule has 3 N–H and O–H groups in total. The lowest BCUT2D eigenvalue weighted by Gasteiger charge is -2.33. The maximum absolute atomic E-state index is 11.2. The summed E-state index contributed by atoms with van der Waals surface area (Å²) in [5.41, 5.74) is -4.04. The van der Waals surface area contributed by atoms with Gasteiger partial charge in [-0.25, -0.2) is 0 Å². The van der Waals surface area contributed by atoms with Crippen molar-refractivity contribution in [3.05, 3.63) is 12.2 Å². The van der Waals surface area contributed by atoms with Crippen LogP contribution < -0.4 is 5.32 Å². The van der Waals surface area contributed by atoms with Gasteiger partial charge in [0.25, 0.3) is 11.8 Å². The molecule has 0 aromatic carbocycles. The summed E-state index contributed by atoms with van der Waals surface area (Å²) in [6.07, 6.45) is 3.29. The molecular weight excluding hydrogens is 174 g/mol. The fourth-order valence-corrected chi connectivity index (χ4v) is 1.73. The van der Waals surface area contributed by atoms with Crippen molar-refractivity contribution in [1.82, 2.24) is 5.32 Å². The maximum atomic E-state index is 11.2.